The van der Waals surface area contributed by atoms with Crippen molar-refractivity contribution in [2.45, 2.75) is 104 Å². The topological polar surface area (TPSA) is 95.5 Å². The largest absolute Gasteiger partial charge is 0.443 e. The fraction of sp³-hybridized carbons (Fsp3) is 0.571. The molecule has 0 aliphatic rings. The number of nitro benzene ring substituents is 2. The molecule has 0 aliphatic carbocycles. The average molecular weight is 485 g/mol. The number of nitro groups is 2. The van der Waals surface area contributed by atoms with Crippen LogP contribution in [0.2, 0.25) is 0 Å². The Kier molecular flexibility index (Phi) is 12.8. The Morgan fingerprint density at radius 3 is 1.34 bits per heavy atom. The standard InChI is InChI=1S/C28H40N2O5/c1-3-5-7-9-11-13-17-23-19-15-21-25(27(23)29(31)32)35-26-22-16-20-24(28(26)30(33)34)18-14-12-10-8-6-4-2/h15-16,19-22H,3-14,17-18H2,1-2H3. The Hall–Kier alpha value is -2.96. The zero-order valence-corrected chi connectivity index (χ0v) is 21.3. The minimum atomic E-state index is -0.437. The zero-order valence-electron chi connectivity index (χ0n) is 21.3. The van der Waals surface area contributed by atoms with E-state index >= 15 is 0 Å². The molecule has 0 bridgehead atoms. The number of rotatable bonds is 18. The quantitative estimate of drug-likeness (QED) is 0.119. The van der Waals surface area contributed by atoms with Crippen molar-refractivity contribution in [1.82, 2.24) is 0 Å². The molecule has 0 spiro atoms. The Balaban J connectivity index is 2.17. The predicted octanol–water partition coefficient (Wildman–Crippen LogP) is 9.10. The van der Waals surface area contributed by atoms with Crippen LogP contribution in [0.1, 0.15) is 102 Å². The summed E-state index contributed by atoms with van der Waals surface area (Å²) < 4.78 is 5.88. The summed E-state index contributed by atoms with van der Waals surface area (Å²) in [5.74, 6) is 0.108. The van der Waals surface area contributed by atoms with Crippen LogP contribution < -0.4 is 4.74 Å². The lowest BCUT2D eigenvalue weighted by molar-refractivity contribution is -0.388. The van der Waals surface area contributed by atoms with Gasteiger partial charge in [-0.1, -0.05) is 102 Å². The van der Waals surface area contributed by atoms with Crippen LogP contribution in [0.3, 0.4) is 0 Å². The maximum Gasteiger partial charge on any atom is 0.314 e. The molecule has 2 aromatic rings. The van der Waals surface area contributed by atoms with Crippen LogP contribution in [0.4, 0.5) is 11.4 Å². The molecule has 0 radical (unpaired) electrons. The summed E-state index contributed by atoms with van der Waals surface area (Å²) >= 11 is 0. The van der Waals surface area contributed by atoms with Gasteiger partial charge < -0.3 is 4.74 Å². The Labute approximate surface area is 209 Å². The molecule has 2 rings (SSSR count). The summed E-state index contributed by atoms with van der Waals surface area (Å²) in [6.07, 6.45) is 14.3. The molecule has 2 aromatic carbocycles. The molecule has 0 heterocycles. The summed E-state index contributed by atoms with van der Waals surface area (Å²) in [5.41, 5.74) is 1.01. The third-order valence-electron chi connectivity index (χ3n) is 6.35. The highest BCUT2D eigenvalue weighted by molar-refractivity contribution is 5.59. The third-order valence-corrected chi connectivity index (χ3v) is 6.35. The van der Waals surface area contributed by atoms with E-state index in [1.807, 2.05) is 0 Å². The molecule has 192 valence electrons. The van der Waals surface area contributed by atoms with E-state index < -0.39 is 9.85 Å². The third kappa shape index (κ3) is 9.30. The van der Waals surface area contributed by atoms with Crippen LogP contribution in [0.15, 0.2) is 36.4 Å². The first-order valence-electron chi connectivity index (χ1n) is 13.2. The molecular formula is C28H40N2O5. The predicted molar refractivity (Wildman–Crippen MR) is 140 cm³/mol. The second kappa shape index (κ2) is 15.8. The number of hydrogen-bond acceptors (Lipinski definition) is 5. The molecule has 0 aromatic heterocycles. The van der Waals surface area contributed by atoms with Gasteiger partial charge in [0.15, 0.2) is 0 Å². The molecule has 0 fully saturated rings. The number of para-hydroxylation sites is 2. The van der Waals surface area contributed by atoms with Gasteiger partial charge in [0.2, 0.25) is 11.5 Å². The molecule has 0 amide bonds. The fourth-order valence-electron chi connectivity index (χ4n) is 4.43. The van der Waals surface area contributed by atoms with Crippen LogP contribution in [0, 0.1) is 20.2 Å². The Morgan fingerprint density at radius 1 is 0.600 bits per heavy atom. The van der Waals surface area contributed by atoms with Gasteiger partial charge in [0.1, 0.15) is 0 Å². The minimum absolute atomic E-state index is 0.0540. The van der Waals surface area contributed by atoms with Gasteiger partial charge in [-0.15, -0.1) is 0 Å². The summed E-state index contributed by atoms with van der Waals surface area (Å²) in [4.78, 5) is 23.0. The van der Waals surface area contributed by atoms with Crippen molar-refractivity contribution in [3.05, 3.63) is 67.8 Å². The van der Waals surface area contributed by atoms with Gasteiger partial charge in [-0.05, 0) is 37.8 Å². The van der Waals surface area contributed by atoms with Gasteiger partial charge in [0.25, 0.3) is 0 Å². The Morgan fingerprint density at radius 2 is 0.971 bits per heavy atom. The minimum Gasteiger partial charge on any atom is -0.443 e. The second-order valence-corrected chi connectivity index (χ2v) is 9.18. The summed E-state index contributed by atoms with van der Waals surface area (Å²) in [7, 11) is 0. The smallest absolute Gasteiger partial charge is 0.314 e. The van der Waals surface area contributed by atoms with Crippen molar-refractivity contribution in [3.63, 3.8) is 0 Å². The Bertz CT molecular complexity index is 869. The summed E-state index contributed by atoms with van der Waals surface area (Å²) in [5, 5.41) is 23.9. The van der Waals surface area contributed by atoms with E-state index in [2.05, 4.69) is 13.8 Å². The van der Waals surface area contributed by atoms with Gasteiger partial charge in [0, 0.05) is 11.1 Å². The number of nitrogens with zero attached hydrogens (tertiary/aromatic N) is 2. The van der Waals surface area contributed by atoms with Crippen LogP contribution in [0.25, 0.3) is 0 Å². The van der Waals surface area contributed by atoms with E-state index in [-0.39, 0.29) is 22.9 Å². The van der Waals surface area contributed by atoms with Gasteiger partial charge in [0.05, 0.1) is 9.85 Å². The van der Waals surface area contributed by atoms with Crippen molar-refractivity contribution in [1.29, 1.82) is 0 Å². The maximum absolute atomic E-state index is 11.9. The highest BCUT2D eigenvalue weighted by Gasteiger charge is 2.26. The maximum atomic E-state index is 11.9. The van der Waals surface area contributed by atoms with E-state index in [9.17, 15) is 20.2 Å². The van der Waals surface area contributed by atoms with Crippen LogP contribution in [0.5, 0.6) is 11.5 Å². The lowest BCUT2D eigenvalue weighted by Gasteiger charge is -2.12. The molecule has 7 nitrogen and oxygen atoms in total. The van der Waals surface area contributed by atoms with E-state index in [0.29, 0.717) is 24.0 Å². The number of unbranched alkanes of at least 4 members (excludes halogenated alkanes) is 10. The van der Waals surface area contributed by atoms with Crippen LogP contribution in [-0.4, -0.2) is 9.85 Å². The molecule has 7 heteroatoms. The molecule has 35 heavy (non-hydrogen) atoms. The summed E-state index contributed by atoms with van der Waals surface area (Å²) in [6, 6.07) is 9.99. The molecule has 0 unspecified atom stereocenters. The van der Waals surface area contributed by atoms with E-state index in [1.54, 1.807) is 24.3 Å². The monoisotopic (exact) mass is 484 g/mol. The number of ether oxygens (including phenoxy) is 1. The number of hydrogen-bond donors (Lipinski definition) is 0. The van der Waals surface area contributed by atoms with Gasteiger partial charge >= 0.3 is 11.4 Å². The van der Waals surface area contributed by atoms with E-state index in [4.69, 9.17) is 4.74 Å². The number of benzene rings is 2. The van der Waals surface area contributed by atoms with Gasteiger partial charge in [-0.3, -0.25) is 20.2 Å². The lowest BCUT2D eigenvalue weighted by Crippen LogP contribution is -2.02. The highest BCUT2D eigenvalue weighted by Crippen LogP contribution is 2.40. The normalized spacial score (nSPS) is 10.9. The average Bonchev–Trinajstić information content (AvgIpc) is 2.83. The first-order valence-corrected chi connectivity index (χ1v) is 13.2. The van der Waals surface area contributed by atoms with Gasteiger partial charge in [-0.2, -0.15) is 0 Å². The lowest BCUT2D eigenvalue weighted by atomic mass is 10.0. The first-order chi connectivity index (χ1) is 17.0. The molecule has 0 saturated heterocycles. The van der Waals surface area contributed by atoms with Crippen molar-refractivity contribution in [2.75, 3.05) is 0 Å². The van der Waals surface area contributed by atoms with Crippen LogP contribution >= 0.6 is 0 Å². The highest BCUT2D eigenvalue weighted by atomic mass is 16.6. The van der Waals surface area contributed by atoms with Crippen molar-refractivity contribution < 1.29 is 14.6 Å². The molecule has 0 aliphatic heterocycles. The van der Waals surface area contributed by atoms with Crippen molar-refractivity contribution in [2.24, 2.45) is 0 Å². The van der Waals surface area contributed by atoms with Crippen LogP contribution in [-0.2, 0) is 12.8 Å². The fourth-order valence-corrected chi connectivity index (χ4v) is 4.43. The molecular weight excluding hydrogens is 444 g/mol. The van der Waals surface area contributed by atoms with E-state index in [1.165, 1.54) is 50.7 Å². The summed E-state index contributed by atoms with van der Waals surface area (Å²) in [6.45, 7) is 4.34. The SMILES string of the molecule is CCCCCCCCc1cccc(Oc2cccc(CCCCCCCC)c2[N+](=O)[O-])c1[N+](=O)[O-]. The number of aryl methyl sites for hydroxylation is 2. The van der Waals surface area contributed by atoms with Crippen molar-refractivity contribution >= 4 is 11.4 Å². The first kappa shape index (κ1) is 28.3. The molecule has 0 saturated carbocycles. The zero-order chi connectivity index (χ0) is 25.5. The molecule has 0 N–H and O–H groups in total. The van der Waals surface area contributed by atoms with Crippen molar-refractivity contribution in [3.8, 4) is 11.5 Å². The van der Waals surface area contributed by atoms with Gasteiger partial charge in [-0.25, -0.2) is 0 Å². The van der Waals surface area contributed by atoms with E-state index in [0.717, 1.165) is 38.5 Å². The second-order valence-electron chi connectivity index (χ2n) is 9.18. The molecule has 0 atom stereocenters.